The number of benzene rings is 2. The molecule has 0 saturated heterocycles. The van der Waals surface area contributed by atoms with Gasteiger partial charge in [0.25, 0.3) is 0 Å². The number of nitrogens with zero attached hydrogens (tertiary/aromatic N) is 2. The van der Waals surface area contributed by atoms with Crippen LogP contribution >= 0.6 is 11.6 Å². The van der Waals surface area contributed by atoms with Gasteiger partial charge < -0.3 is 15.4 Å². The fourth-order valence-corrected chi connectivity index (χ4v) is 2.52. The van der Waals surface area contributed by atoms with E-state index in [1.165, 1.54) is 7.11 Å². The lowest BCUT2D eigenvalue weighted by molar-refractivity contribution is 0.417. The van der Waals surface area contributed by atoms with Gasteiger partial charge in [-0.25, -0.2) is 18.2 Å². The first-order valence-corrected chi connectivity index (χ1v) is 8.12. The number of aromatic nitrogens is 2. The zero-order valence-corrected chi connectivity index (χ0v) is 15.0. The molecule has 3 rings (SSSR count). The maximum atomic E-state index is 13.9. The molecule has 0 spiro atoms. The van der Waals surface area contributed by atoms with Crippen molar-refractivity contribution in [2.45, 2.75) is 6.92 Å². The van der Waals surface area contributed by atoms with Crippen molar-refractivity contribution in [2.24, 2.45) is 0 Å². The van der Waals surface area contributed by atoms with Crippen molar-refractivity contribution in [1.29, 1.82) is 0 Å². The van der Waals surface area contributed by atoms with E-state index in [4.69, 9.17) is 16.3 Å². The first-order valence-electron chi connectivity index (χ1n) is 7.74. The van der Waals surface area contributed by atoms with Crippen LogP contribution < -0.4 is 15.4 Å². The molecule has 140 valence electrons. The molecule has 3 aromatic rings. The van der Waals surface area contributed by atoms with Gasteiger partial charge in [0, 0.05) is 16.8 Å². The van der Waals surface area contributed by atoms with E-state index in [-0.39, 0.29) is 11.6 Å². The highest BCUT2D eigenvalue weighted by Gasteiger charge is 2.15. The largest absolute Gasteiger partial charge is 0.495 e. The molecule has 9 heteroatoms. The smallest absolute Gasteiger partial charge is 0.229 e. The van der Waals surface area contributed by atoms with E-state index in [2.05, 4.69) is 20.6 Å². The van der Waals surface area contributed by atoms with Crippen molar-refractivity contribution < 1.29 is 17.9 Å². The second-order valence-corrected chi connectivity index (χ2v) is 5.97. The Kier molecular flexibility index (Phi) is 5.36. The molecule has 0 bridgehead atoms. The standard InChI is InChI=1S/C18H14ClF3N4O/c1-9-7-15(24-13-8-10(19)3-6-14(13)27-2)26-18(23-9)25-12-5-4-11(20)16(21)17(12)22/h3-8H,1-2H3,(H2,23,24,25,26). The first kappa shape index (κ1) is 18.8. The molecule has 1 heterocycles. The van der Waals surface area contributed by atoms with Crippen LogP contribution in [0.15, 0.2) is 36.4 Å². The zero-order valence-electron chi connectivity index (χ0n) is 14.3. The number of aryl methyl sites for hydroxylation is 1. The van der Waals surface area contributed by atoms with Gasteiger partial charge >= 0.3 is 0 Å². The number of hydrogen-bond donors (Lipinski definition) is 2. The van der Waals surface area contributed by atoms with Gasteiger partial charge in [0.2, 0.25) is 5.95 Å². The third-order valence-electron chi connectivity index (χ3n) is 3.56. The molecule has 0 aliphatic carbocycles. The maximum Gasteiger partial charge on any atom is 0.229 e. The van der Waals surface area contributed by atoms with Crippen molar-refractivity contribution in [3.05, 3.63) is 64.6 Å². The highest BCUT2D eigenvalue weighted by Crippen LogP contribution is 2.30. The second kappa shape index (κ2) is 7.71. The fourth-order valence-electron chi connectivity index (χ4n) is 2.35. The lowest BCUT2D eigenvalue weighted by atomic mass is 10.2. The SMILES string of the molecule is COc1ccc(Cl)cc1Nc1cc(C)nc(Nc2ccc(F)c(F)c2F)n1. The van der Waals surface area contributed by atoms with Crippen molar-refractivity contribution in [2.75, 3.05) is 17.7 Å². The van der Waals surface area contributed by atoms with Gasteiger partial charge in [-0.2, -0.15) is 4.98 Å². The number of halogens is 4. The highest BCUT2D eigenvalue weighted by molar-refractivity contribution is 6.31. The molecule has 0 fully saturated rings. The quantitative estimate of drug-likeness (QED) is 0.571. The Labute approximate surface area is 158 Å². The molecule has 0 radical (unpaired) electrons. The van der Waals surface area contributed by atoms with Crippen LogP contribution in [0.1, 0.15) is 5.69 Å². The Morgan fingerprint density at radius 1 is 0.926 bits per heavy atom. The average molecular weight is 395 g/mol. The molecular weight excluding hydrogens is 381 g/mol. The summed E-state index contributed by atoms with van der Waals surface area (Å²) in [6.07, 6.45) is 0. The van der Waals surface area contributed by atoms with Crippen LogP contribution in [-0.2, 0) is 0 Å². The summed E-state index contributed by atoms with van der Waals surface area (Å²) in [6, 6.07) is 8.54. The van der Waals surface area contributed by atoms with Gasteiger partial charge in [-0.15, -0.1) is 0 Å². The second-order valence-electron chi connectivity index (χ2n) is 5.54. The van der Waals surface area contributed by atoms with Crippen LogP contribution in [-0.4, -0.2) is 17.1 Å². The van der Waals surface area contributed by atoms with Crippen molar-refractivity contribution >= 4 is 34.7 Å². The molecule has 0 aliphatic heterocycles. The summed E-state index contributed by atoms with van der Waals surface area (Å²) in [6.45, 7) is 1.70. The summed E-state index contributed by atoms with van der Waals surface area (Å²) >= 11 is 6.01. The zero-order chi connectivity index (χ0) is 19.6. The third-order valence-corrected chi connectivity index (χ3v) is 3.80. The van der Waals surface area contributed by atoms with E-state index in [9.17, 15) is 13.2 Å². The summed E-state index contributed by atoms with van der Waals surface area (Å²) in [7, 11) is 1.51. The topological polar surface area (TPSA) is 59.1 Å². The molecule has 27 heavy (non-hydrogen) atoms. The molecule has 2 N–H and O–H groups in total. The van der Waals surface area contributed by atoms with E-state index in [0.717, 1.165) is 12.1 Å². The lowest BCUT2D eigenvalue weighted by Gasteiger charge is -2.13. The van der Waals surface area contributed by atoms with Crippen LogP contribution in [0.2, 0.25) is 5.02 Å². The molecule has 5 nitrogen and oxygen atoms in total. The van der Waals surface area contributed by atoms with Crippen molar-refractivity contribution in [3.63, 3.8) is 0 Å². The van der Waals surface area contributed by atoms with Gasteiger partial charge in [0.05, 0.1) is 18.5 Å². The molecule has 0 aliphatic rings. The van der Waals surface area contributed by atoms with E-state index >= 15 is 0 Å². The van der Waals surface area contributed by atoms with E-state index in [1.807, 2.05) is 0 Å². The van der Waals surface area contributed by atoms with Crippen LogP contribution in [0.25, 0.3) is 0 Å². The Balaban J connectivity index is 1.91. The minimum absolute atomic E-state index is 0.00315. The van der Waals surface area contributed by atoms with Gasteiger partial charge in [-0.05, 0) is 37.3 Å². The van der Waals surface area contributed by atoms with E-state index < -0.39 is 17.5 Å². The van der Waals surface area contributed by atoms with Crippen LogP contribution in [0, 0.1) is 24.4 Å². The number of ether oxygens (including phenoxy) is 1. The van der Waals surface area contributed by atoms with E-state index in [1.54, 1.807) is 31.2 Å². The molecule has 2 aromatic carbocycles. The minimum atomic E-state index is -1.57. The summed E-state index contributed by atoms with van der Waals surface area (Å²) in [5.74, 6) is -3.30. The molecule has 0 amide bonds. The fraction of sp³-hybridized carbons (Fsp3) is 0.111. The Hall–Kier alpha value is -3.00. The summed E-state index contributed by atoms with van der Waals surface area (Å²) < 4.78 is 45.6. The summed E-state index contributed by atoms with van der Waals surface area (Å²) in [5.41, 5.74) is 0.831. The summed E-state index contributed by atoms with van der Waals surface area (Å²) in [4.78, 5) is 8.33. The molecule has 0 atom stereocenters. The van der Waals surface area contributed by atoms with Gasteiger partial charge in [0.15, 0.2) is 17.5 Å². The lowest BCUT2D eigenvalue weighted by Crippen LogP contribution is -2.05. The van der Waals surface area contributed by atoms with Gasteiger partial charge in [-0.1, -0.05) is 11.6 Å². The van der Waals surface area contributed by atoms with Crippen LogP contribution in [0.5, 0.6) is 5.75 Å². The number of anilines is 4. The Bertz CT molecular complexity index is 1000. The van der Waals surface area contributed by atoms with Crippen LogP contribution in [0.3, 0.4) is 0 Å². The predicted octanol–water partition coefficient (Wildman–Crippen LogP) is 5.35. The maximum absolute atomic E-state index is 13.9. The highest BCUT2D eigenvalue weighted by atomic mass is 35.5. The predicted molar refractivity (Wildman–Crippen MR) is 97.7 cm³/mol. The normalized spacial score (nSPS) is 10.6. The Morgan fingerprint density at radius 3 is 2.44 bits per heavy atom. The number of hydrogen-bond acceptors (Lipinski definition) is 5. The van der Waals surface area contributed by atoms with Gasteiger partial charge in [-0.3, -0.25) is 0 Å². The molecular formula is C18H14ClF3N4O. The Morgan fingerprint density at radius 2 is 1.70 bits per heavy atom. The summed E-state index contributed by atoms with van der Waals surface area (Å²) in [5, 5.41) is 6.08. The van der Waals surface area contributed by atoms with E-state index in [0.29, 0.717) is 28.0 Å². The molecule has 1 aromatic heterocycles. The average Bonchev–Trinajstić information content (AvgIpc) is 2.62. The van der Waals surface area contributed by atoms with Crippen molar-refractivity contribution in [3.8, 4) is 5.75 Å². The first-order chi connectivity index (χ1) is 12.9. The third kappa shape index (κ3) is 4.22. The number of nitrogens with one attached hydrogen (secondary N) is 2. The molecule has 0 saturated carbocycles. The van der Waals surface area contributed by atoms with Gasteiger partial charge in [0.1, 0.15) is 11.6 Å². The minimum Gasteiger partial charge on any atom is -0.495 e. The van der Waals surface area contributed by atoms with Crippen LogP contribution in [0.4, 0.5) is 36.3 Å². The monoisotopic (exact) mass is 394 g/mol. The van der Waals surface area contributed by atoms with Crippen molar-refractivity contribution in [1.82, 2.24) is 9.97 Å². The molecule has 0 unspecified atom stereocenters. The number of methoxy groups -OCH3 is 1. The number of rotatable bonds is 5.